The molecule has 0 aromatic carbocycles. The van der Waals surface area contributed by atoms with Crippen LogP contribution in [0.4, 0.5) is 0 Å². The molecule has 0 fully saturated rings. The van der Waals surface area contributed by atoms with Crippen molar-refractivity contribution >= 4 is 5.97 Å². The van der Waals surface area contributed by atoms with Crippen molar-refractivity contribution in [2.45, 2.75) is 72.1 Å². The molecule has 0 aliphatic heterocycles. The second-order valence-corrected chi connectivity index (χ2v) is 4.63. The molecule has 17 heavy (non-hydrogen) atoms. The molecule has 0 aromatic heterocycles. The molecule has 0 unspecified atom stereocenters. The lowest BCUT2D eigenvalue weighted by molar-refractivity contribution is -0.188. The number of rotatable bonds is 11. The quantitative estimate of drug-likeness (QED) is 0.407. The van der Waals surface area contributed by atoms with Gasteiger partial charge in [-0.25, -0.2) is 0 Å². The van der Waals surface area contributed by atoms with Gasteiger partial charge in [0.05, 0.1) is 0 Å². The molecule has 3 heteroatoms. The van der Waals surface area contributed by atoms with E-state index in [1.807, 2.05) is 5.06 Å². The largest absolute Gasteiger partial charge is 0.368 e. The summed E-state index contributed by atoms with van der Waals surface area (Å²) in [5.74, 6) is -0.198. The van der Waals surface area contributed by atoms with Crippen molar-refractivity contribution in [3.63, 3.8) is 0 Å². The van der Waals surface area contributed by atoms with Crippen LogP contribution in [0.25, 0.3) is 0 Å². The first-order valence-corrected chi connectivity index (χ1v) is 7.14. The van der Waals surface area contributed by atoms with Crippen LogP contribution in [0.5, 0.6) is 0 Å². The highest BCUT2D eigenvalue weighted by Crippen LogP contribution is 2.06. The molecule has 0 saturated carbocycles. The smallest absolute Gasteiger partial charge is 0.322 e. The number of carbonyl (C=O) groups excluding carboxylic acids is 1. The summed E-state index contributed by atoms with van der Waals surface area (Å²) >= 11 is 0. The fourth-order valence-corrected chi connectivity index (χ4v) is 1.81. The Bertz CT molecular complexity index is 171. The number of hydroxylamine groups is 2. The van der Waals surface area contributed by atoms with Gasteiger partial charge in [0.1, 0.15) is 0 Å². The molecular weight excluding hydrogens is 214 g/mol. The van der Waals surface area contributed by atoms with E-state index in [4.69, 9.17) is 4.84 Å². The van der Waals surface area contributed by atoms with E-state index in [0.717, 1.165) is 25.9 Å². The third kappa shape index (κ3) is 11.7. The van der Waals surface area contributed by atoms with E-state index in [1.165, 1.54) is 45.4 Å². The summed E-state index contributed by atoms with van der Waals surface area (Å²) in [4.78, 5) is 16.2. The standard InChI is InChI=1S/C14H29NO2/c1-4-6-8-10-12-15(17-14(3)16)13-11-9-7-5-2/h4-13H2,1-3H3. The third-order valence-corrected chi connectivity index (χ3v) is 2.78. The second kappa shape index (κ2) is 11.9. The van der Waals surface area contributed by atoms with Gasteiger partial charge in [0.2, 0.25) is 0 Å². The normalized spacial score (nSPS) is 10.8. The maximum Gasteiger partial charge on any atom is 0.322 e. The van der Waals surface area contributed by atoms with Crippen LogP contribution in [0, 0.1) is 0 Å². The Morgan fingerprint density at radius 2 is 1.35 bits per heavy atom. The lowest BCUT2D eigenvalue weighted by atomic mass is 10.2. The molecule has 0 rings (SSSR count). The summed E-state index contributed by atoms with van der Waals surface area (Å²) in [6, 6.07) is 0. The van der Waals surface area contributed by atoms with Crippen molar-refractivity contribution in [2.75, 3.05) is 13.1 Å². The SMILES string of the molecule is CCCCCCN(CCCCCC)OC(C)=O. The van der Waals surface area contributed by atoms with Crippen LogP contribution in [0.1, 0.15) is 72.1 Å². The summed E-state index contributed by atoms with van der Waals surface area (Å²) < 4.78 is 0. The zero-order chi connectivity index (χ0) is 12.9. The van der Waals surface area contributed by atoms with Crippen LogP contribution in [0.2, 0.25) is 0 Å². The van der Waals surface area contributed by atoms with E-state index < -0.39 is 0 Å². The first-order chi connectivity index (χ1) is 8.20. The zero-order valence-electron chi connectivity index (χ0n) is 11.8. The fourth-order valence-electron chi connectivity index (χ4n) is 1.81. The van der Waals surface area contributed by atoms with Crippen LogP contribution in [-0.4, -0.2) is 24.1 Å². The van der Waals surface area contributed by atoms with Crippen molar-refractivity contribution in [1.29, 1.82) is 0 Å². The van der Waals surface area contributed by atoms with E-state index in [9.17, 15) is 4.79 Å². The molecular formula is C14H29NO2. The molecule has 0 spiro atoms. The first kappa shape index (κ1) is 16.4. The fraction of sp³-hybridized carbons (Fsp3) is 0.929. The van der Waals surface area contributed by atoms with Gasteiger partial charge in [0, 0.05) is 20.0 Å². The van der Waals surface area contributed by atoms with Gasteiger partial charge in [-0.3, -0.25) is 4.79 Å². The van der Waals surface area contributed by atoms with Gasteiger partial charge in [-0.2, -0.15) is 0 Å². The molecule has 102 valence electrons. The maximum atomic E-state index is 11.0. The second-order valence-electron chi connectivity index (χ2n) is 4.63. The Labute approximate surface area is 106 Å². The molecule has 3 nitrogen and oxygen atoms in total. The van der Waals surface area contributed by atoms with E-state index in [1.54, 1.807) is 0 Å². The Morgan fingerprint density at radius 1 is 0.882 bits per heavy atom. The molecule has 0 aromatic rings. The Balaban J connectivity index is 3.68. The highest BCUT2D eigenvalue weighted by molar-refractivity contribution is 5.65. The van der Waals surface area contributed by atoms with Crippen molar-refractivity contribution in [2.24, 2.45) is 0 Å². The molecule has 0 bridgehead atoms. The van der Waals surface area contributed by atoms with Crippen molar-refractivity contribution < 1.29 is 9.63 Å². The van der Waals surface area contributed by atoms with E-state index in [0.29, 0.717) is 0 Å². The highest BCUT2D eigenvalue weighted by atomic mass is 16.7. The van der Waals surface area contributed by atoms with Gasteiger partial charge in [0.15, 0.2) is 0 Å². The van der Waals surface area contributed by atoms with Crippen molar-refractivity contribution in [3.8, 4) is 0 Å². The van der Waals surface area contributed by atoms with E-state index in [2.05, 4.69) is 13.8 Å². The number of unbranched alkanes of at least 4 members (excludes halogenated alkanes) is 6. The van der Waals surface area contributed by atoms with Crippen LogP contribution in [0.3, 0.4) is 0 Å². The average molecular weight is 243 g/mol. The first-order valence-electron chi connectivity index (χ1n) is 7.14. The molecule has 0 atom stereocenters. The van der Waals surface area contributed by atoms with Gasteiger partial charge in [-0.1, -0.05) is 52.4 Å². The van der Waals surface area contributed by atoms with Crippen LogP contribution < -0.4 is 0 Å². The van der Waals surface area contributed by atoms with Gasteiger partial charge in [-0.05, 0) is 12.8 Å². The number of carbonyl (C=O) groups is 1. The van der Waals surface area contributed by atoms with Gasteiger partial charge in [-0.15, -0.1) is 5.06 Å². The third-order valence-electron chi connectivity index (χ3n) is 2.78. The lowest BCUT2D eigenvalue weighted by Gasteiger charge is -2.20. The zero-order valence-corrected chi connectivity index (χ0v) is 11.8. The minimum atomic E-state index is -0.198. The van der Waals surface area contributed by atoms with E-state index >= 15 is 0 Å². The molecule has 0 heterocycles. The molecule has 0 aliphatic rings. The topological polar surface area (TPSA) is 29.5 Å². The minimum Gasteiger partial charge on any atom is -0.368 e. The van der Waals surface area contributed by atoms with Crippen molar-refractivity contribution in [3.05, 3.63) is 0 Å². The summed E-state index contributed by atoms with van der Waals surface area (Å²) in [5.41, 5.74) is 0. The summed E-state index contributed by atoms with van der Waals surface area (Å²) in [6.07, 6.45) is 9.71. The van der Waals surface area contributed by atoms with Crippen LogP contribution >= 0.6 is 0 Å². The molecule has 0 radical (unpaired) electrons. The predicted molar refractivity (Wildman–Crippen MR) is 71.6 cm³/mol. The number of hydrogen-bond donors (Lipinski definition) is 0. The molecule has 0 saturated heterocycles. The highest BCUT2D eigenvalue weighted by Gasteiger charge is 2.07. The molecule has 0 amide bonds. The number of nitrogens with zero attached hydrogens (tertiary/aromatic N) is 1. The molecule has 0 aliphatic carbocycles. The van der Waals surface area contributed by atoms with Crippen molar-refractivity contribution in [1.82, 2.24) is 5.06 Å². The van der Waals surface area contributed by atoms with Crippen LogP contribution in [0.15, 0.2) is 0 Å². The van der Waals surface area contributed by atoms with Crippen LogP contribution in [-0.2, 0) is 9.63 Å². The summed E-state index contributed by atoms with van der Waals surface area (Å²) in [5, 5.41) is 1.84. The summed E-state index contributed by atoms with van der Waals surface area (Å²) in [6.45, 7) is 7.64. The molecule has 0 N–H and O–H groups in total. The monoisotopic (exact) mass is 243 g/mol. The lowest BCUT2D eigenvalue weighted by Crippen LogP contribution is -2.28. The Hall–Kier alpha value is -0.570. The minimum absolute atomic E-state index is 0.198. The van der Waals surface area contributed by atoms with Gasteiger partial charge < -0.3 is 4.84 Å². The maximum absolute atomic E-state index is 11.0. The predicted octanol–water partition coefficient (Wildman–Crippen LogP) is 3.93. The Kier molecular flexibility index (Phi) is 11.5. The van der Waals surface area contributed by atoms with Gasteiger partial charge >= 0.3 is 5.97 Å². The Morgan fingerprint density at radius 3 is 1.71 bits per heavy atom. The van der Waals surface area contributed by atoms with Gasteiger partial charge in [0.25, 0.3) is 0 Å². The summed E-state index contributed by atoms with van der Waals surface area (Å²) in [7, 11) is 0. The van der Waals surface area contributed by atoms with E-state index in [-0.39, 0.29) is 5.97 Å². The average Bonchev–Trinajstić information content (AvgIpc) is 2.29. The number of hydrogen-bond acceptors (Lipinski definition) is 3.